The highest BCUT2D eigenvalue weighted by Crippen LogP contribution is 2.65. The maximum atomic E-state index is 10.9. The van der Waals surface area contributed by atoms with Gasteiger partial charge in [0.2, 0.25) is 11.6 Å². The van der Waals surface area contributed by atoms with Gasteiger partial charge in [-0.05, 0) is 62.7 Å². The number of hydrogen-bond acceptors (Lipinski definition) is 4. The molecule has 5 rings (SSSR count). The zero-order chi connectivity index (χ0) is 15.7. The second-order valence-electron chi connectivity index (χ2n) is 8.66. The lowest BCUT2D eigenvalue weighted by molar-refractivity contribution is -0.367. The monoisotopic (exact) mass is 322 g/mol. The van der Waals surface area contributed by atoms with Crippen LogP contribution in [0.1, 0.15) is 64.2 Å². The van der Waals surface area contributed by atoms with Crippen LogP contribution in [0.15, 0.2) is 0 Å². The molecule has 5 nitrogen and oxygen atoms in total. The van der Waals surface area contributed by atoms with E-state index in [9.17, 15) is 4.79 Å². The summed E-state index contributed by atoms with van der Waals surface area (Å²) in [6.07, 6.45) is 9.85. The summed E-state index contributed by atoms with van der Waals surface area (Å²) in [6.45, 7) is 0. The SMILES string of the molecule is O=C(O)CC1CCC2(CC1)OO[C@@]1(O2)C2CC3CCC1C(C3)C2. The summed E-state index contributed by atoms with van der Waals surface area (Å²) >= 11 is 0. The molecule has 2 spiro atoms. The molecule has 0 amide bonds. The number of carbonyl (C=O) groups is 1. The third-order valence-electron chi connectivity index (χ3n) is 7.38. The van der Waals surface area contributed by atoms with E-state index in [4.69, 9.17) is 19.6 Å². The lowest BCUT2D eigenvalue weighted by atomic mass is 9.72. The van der Waals surface area contributed by atoms with Gasteiger partial charge in [0, 0.05) is 31.1 Å². The van der Waals surface area contributed by atoms with Crippen molar-refractivity contribution in [3.8, 4) is 0 Å². The number of carboxylic acids is 1. The van der Waals surface area contributed by atoms with E-state index in [1.54, 1.807) is 0 Å². The minimum atomic E-state index is -0.700. The average Bonchev–Trinajstić information content (AvgIpc) is 2.95. The first kappa shape index (κ1) is 14.7. The van der Waals surface area contributed by atoms with Crippen molar-refractivity contribution < 1.29 is 24.4 Å². The zero-order valence-corrected chi connectivity index (χ0v) is 13.5. The summed E-state index contributed by atoms with van der Waals surface area (Å²) in [4.78, 5) is 22.8. The van der Waals surface area contributed by atoms with Crippen molar-refractivity contribution in [3.05, 3.63) is 0 Å². The molecule has 0 aromatic heterocycles. The van der Waals surface area contributed by atoms with Crippen LogP contribution in [-0.4, -0.2) is 22.7 Å². The Balaban J connectivity index is 1.33. The molecule has 128 valence electrons. The molecule has 4 unspecified atom stereocenters. The molecular weight excluding hydrogens is 296 g/mol. The summed E-state index contributed by atoms with van der Waals surface area (Å²) in [5.41, 5.74) is 0. The topological polar surface area (TPSA) is 65.0 Å². The van der Waals surface area contributed by atoms with Gasteiger partial charge >= 0.3 is 5.97 Å². The fraction of sp³-hybridized carbons (Fsp3) is 0.944. The normalized spacial score (nSPS) is 54.2. The van der Waals surface area contributed by atoms with Gasteiger partial charge in [0.1, 0.15) is 0 Å². The number of fused-ring (bicyclic) bond motifs is 4. The van der Waals surface area contributed by atoms with Crippen LogP contribution in [0, 0.1) is 29.6 Å². The Morgan fingerprint density at radius 2 is 1.87 bits per heavy atom. The molecule has 5 aliphatic rings. The van der Waals surface area contributed by atoms with Crippen LogP contribution >= 0.6 is 0 Å². The summed E-state index contributed by atoms with van der Waals surface area (Å²) in [6, 6.07) is 0. The minimum absolute atomic E-state index is 0.251. The highest BCUT2D eigenvalue weighted by atomic mass is 17.3. The lowest BCUT2D eigenvalue weighted by Crippen LogP contribution is -2.45. The Morgan fingerprint density at radius 3 is 2.65 bits per heavy atom. The predicted octanol–water partition coefficient (Wildman–Crippen LogP) is 3.48. The van der Waals surface area contributed by atoms with Gasteiger partial charge in [0.05, 0.1) is 0 Å². The van der Waals surface area contributed by atoms with Gasteiger partial charge in [-0.3, -0.25) is 4.79 Å². The van der Waals surface area contributed by atoms with Crippen LogP contribution in [0.3, 0.4) is 0 Å². The van der Waals surface area contributed by atoms with Crippen molar-refractivity contribution in [2.24, 2.45) is 29.6 Å². The zero-order valence-electron chi connectivity index (χ0n) is 13.5. The van der Waals surface area contributed by atoms with Gasteiger partial charge in [-0.1, -0.05) is 0 Å². The van der Waals surface area contributed by atoms with Crippen LogP contribution in [-0.2, 0) is 19.3 Å². The molecule has 23 heavy (non-hydrogen) atoms. The molecule has 1 aliphatic heterocycles. The highest BCUT2D eigenvalue weighted by molar-refractivity contribution is 5.67. The molecule has 4 aliphatic carbocycles. The van der Waals surface area contributed by atoms with Gasteiger partial charge in [0.25, 0.3) is 0 Å². The molecule has 1 heterocycles. The van der Waals surface area contributed by atoms with Crippen LogP contribution in [0.25, 0.3) is 0 Å². The molecule has 1 saturated heterocycles. The standard InChI is InChI=1S/C18H26O5/c19-16(20)9-11-3-5-17(6-4-11)21-18(23-22-17)14-8-12-1-2-15(18)13(7-12)10-14/h11-15H,1-10H2,(H,19,20)/t11?,12?,13?,14?,15?,17?,18-/m0/s1. The van der Waals surface area contributed by atoms with Gasteiger partial charge < -0.3 is 9.84 Å². The molecular formula is C18H26O5. The van der Waals surface area contributed by atoms with E-state index in [1.807, 2.05) is 0 Å². The average molecular weight is 322 g/mol. The number of rotatable bonds is 2. The Morgan fingerprint density at radius 1 is 1.04 bits per heavy atom. The third kappa shape index (κ3) is 2.12. The van der Waals surface area contributed by atoms with Gasteiger partial charge in [-0.25, -0.2) is 0 Å². The quantitative estimate of drug-likeness (QED) is 0.789. The largest absolute Gasteiger partial charge is 0.481 e. The second kappa shape index (κ2) is 4.93. The van der Waals surface area contributed by atoms with Crippen molar-refractivity contribution in [1.29, 1.82) is 0 Å². The fourth-order valence-corrected chi connectivity index (χ4v) is 6.37. The lowest BCUT2D eigenvalue weighted by Gasteiger charge is -2.37. The van der Waals surface area contributed by atoms with Crippen LogP contribution < -0.4 is 0 Å². The van der Waals surface area contributed by atoms with E-state index in [1.165, 1.54) is 32.1 Å². The number of carboxylic acid groups (broad SMARTS) is 1. The molecule has 5 heteroatoms. The summed E-state index contributed by atoms with van der Waals surface area (Å²) in [5, 5.41) is 8.98. The van der Waals surface area contributed by atoms with E-state index in [-0.39, 0.29) is 12.3 Å². The summed E-state index contributed by atoms with van der Waals surface area (Å²) < 4.78 is 6.64. The molecule has 1 N–H and O–H groups in total. The smallest absolute Gasteiger partial charge is 0.303 e. The first-order chi connectivity index (χ1) is 11.1. The van der Waals surface area contributed by atoms with E-state index in [0.29, 0.717) is 11.8 Å². The number of hydrogen-bond donors (Lipinski definition) is 1. The van der Waals surface area contributed by atoms with Crippen LogP contribution in [0.4, 0.5) is 0 Å². The highest BCUT2D eigenvalue weighted by Gasteiger charge is 2.68. The molecule has 5 atom stereocenters. The molecule has 3 bridgehead atoms. The molecule has 0 radical (unpaired) electrons. The van der Waals surface area contributed by atoms with E-state index < -0.39 is 17.5 Å². The first-order valence-corrected chi connectivity index (χ1v) is 9.37. The Kier molecular flexibility index (Phi) is 3.14. The molecule has 0 aromatic rings. The van der Waals surface area contributed by atoms with Crippen molar-refractivity contribution in [2.75, 3.05) is 0 Å². The Bertz CT molecular complexity index is 512. The van der Waals surface area contributed by atoms with Gasteiger partial charge in [-0.2, -0.15) is 9.78 Å². The predicted molar refractivity (Wildman–Crippen MR) is 80.0 cm³/mol. The third-order valence-corrected chi connectivity index (χ3v) is 7.38. The van der Waals surface area contributed by atoms with Gasteiger partial charge in [-0.15, -0.1) is 0 Å². The Hall–Kier alpha value is -0.650. The van der Waals surface area contributed by atoms with Crippen molar-refractivity contribution in [3.63, 3.8) is 0 Å². The number of aliphatic carboxylic acids is 1. The summed E-state index contributed by atoms with van der Waals surface area (Å²) in [7, 11) is 0. The van der Waals surface area contributed by atoms with E-state index >= 15 is 0 Å². The minimum Gasteiger partial charge on any atom is -0.481 e. The molecule has 0 aromatic carbocycles. The maximum absolute atomic E-state index is 10.9. The number of ether oxygens (including phenoxy) is 1. The van der Waals surface area contributed by atoms with Crippen molar-refractivity contribution >= 4 is 5.97 Å². The summed E-state index contributed by atoms with van der Waals surface area (Å²) in [5.74, 6) is 1.07. The Labute approximate surface area is 136 Å². The van der Waals surface area contributed by atoms with Crippen molar-refractivity contribution in [1.82, 2.24) is 0 Å². The fourth-order valence-electron chi connectivity index (χ4n) is 6.37. The second-order valence-corrected chi connectivity index (χ2v) is 8.66. The van der Waals surface area contributed by atoms with E-state index in [2.05, 4.69) is 0 Å². The maximum Gasteiger partial charge on any atom is 0.303 e. The van der Waals surface area contributed by atoms with E-state index in [0.717, 1.165) is 37.5 Å². The first-order valence-electron chi connectivity index (χ1n) is 9.37. The molecule has 4 saturated carbocycles. The molecule has 5 fully saturated rings. The van der Waals surface area contributed by atoms with Crippen LogP contribution in [0.5, 0.6) is 0 Å². The van der Waals surface area contributed by atoms with Gasteiger partial charge in [0.15, 0.2) is 0 Å². The van der Waals surface area contributed by atoms with Crippen LogP contribution in [0.2, 0.25) is 0 Å². The van der Waals surface area contributed by atoms with Crippen molar-refractivity contribution in [2.45, 2.75) is 75.8 Å².